The Morgan fingerprint density at radius 1 is 1.14 bits per heavy atom. The summed E-state index contributed by atoms with van der Waals surface area (Å²) in [4.78, 5) is 12.6. The predicted molar refractivity (Wildman–Crippen MR) is 89.9 cm³/mol. The second kappa shape index (κ2) is 6.82. The van der Waals surface area contributed by atoms with Crippen molar-refractivity contribution in [3.63, 3.8) is 0 Å². The number of carbonyl (C=O) groups is 1. The second-order valence-electron chi connectivity index (χ2n) is 4.51. The van der Waals surface area contributed by atoms with Crippen LogP contribution in [0.1, 0.15) is 28.4 Å². The van der Waals surface area contributed by atoms with Crippen LogP contribution in [0.2, 0.25) is 10.0 Å². The summed E-state index contributed by atoms with van der Waals surface area (Å²) in [5.74, 6) is 0.292. The maximum Gasteiger partial charge on any atom is 0.195 e. The summed E-state index contributed by atoms with van der Waals surface area (Å²) in [5, 5.41) is 0.688. The molecule has 0 unspecified atom stereocenters. The summed E-state index contributed by atoms with van der Waals surface area (Å²) < 4.78 is 6.09. The molecule has 0 N–H and O–H groups in total. The molecule has 2 rings (SSSR count). The molecular weight excluding hydrogens is 375 g/mol. The van der Waals surface area contributed by atoms with Crippen LogP contribution in [-0.4, -0.2) is 12.4 Å². The first-order valence-corrected chi connectivity index (χ1v) is 7.91. The molecule has 0 spiro atoms. The molecule has 0 saturated heterocycles. The lowest BCUT2D eigenvalue weighted by molar-refractivity contribution is 0.103. The van der Waals surface area contributed by atoms with E-state index in [0.717, 1.165) is 10.0 Å². The number of ether oxygens (including phenoxy) is 1. The van der Waals surface area contributed by atoms with Crippen LogP contribution < -0.4 is 4.74 Å². The van der Waals surface area contributed by atoms with Gasteiger partial charge in [0.25, 0.3) is 0 Å². The minimum absolute atomic E-state index is 0.183. The number of ketones is 1. The minimum Gasteiger partial charge on any atom is -0.492 e. The lowest BCUT2D eigenvalue weighted by Gasteiger charge is -2.11. The normalized spacial score (nSPS) is 10.5. The SMILES string of the molecule is CCOc1cc(Cl)c(C(=O)c2ccc(C)cc2Br)cc1Cl. The number of carbonyl (C=O) groups excluding carboxylic acids is 1. The van der Waals surface area contributed by atoms with E-state index in [1.807, 2.05) is 26.0 Å². The van der Waals surface area contributed by atoms with Crippen molar-refractivity contribution in [3.05, 3.63) is 61.5 Å². The van der Waals surface area contributed by atoms with Crippen molar-refractivity contribution in [2.24, 2.45) is 0 Å². The quantitative estimate of drug-likeness (QED) is 0.629. The van der Waals surface area contributed by atoms with E-state index in [2.05, 4.69) is 15.9 Å². The molecule has 0 radical (unpaired) electrons. The largest absolute Gasteiger partial charge is 0.492 e. The topological polar surface area (TPSA) is 26.3 Å². The molecule has 2 aromatic carbocycles. The Bertz CT molecular complexity index is 699. The van der Waals surface area contributed by atoms with Crippen molar-refractivity contribution in [3.8, 4) is 5.75 Å². The van der Waals surface area contributed by atoms with Crippen LogP contribution in [0.25, 0.3) is 0 Å². The van der Waals surface area contributed by atoms with Gasteiger partial charge in [-0.15, -0.1) is 0 Å². The third kappa shape index (κ3) is 3.60. The van der Waals surface area contributed by atoms with E-state index in [0.29, 0.717) is 33.5 Å². The van der Waals surface area contributed by atoms with Gasteiger partial charge in [-0.2, -0.15) is 0 Å². The van der Waals surface area contributed by atoms with Crippen molar-refractivity contribution < 1.29 is 9.53 Å². The fraction of sp³-hybridized carbons (Fsp3) is 0.188. The Morgan fingerprint density at radius 3 is 2.48 bits per heavy atom. The third-order valence-electron chi connectivity index (χ3n) is 2.94. The molecule has 0 aliphatic rings. The van der Waals surface area contributed by atoms with Crippen LogP contribution in [0, 0.1) is 6.92 Å². The minimum atomic E-state index is -0.183. The fourth-order valence-electron chi connectivity index (χ4n) is 1.92. The summed E-state index contributed by atoms with van der Waals surface area (Å²) in [7, 11) is 0. The first-order chi connectivity index (χ1) is 9.93. The van der Waals surface area contributed by atoms with Crippen LogP contribution >= 0.6 is 39.1 Å². The van der Waals surface area contributed by atoms with Crippen LogP contribution in [-0.2, 0) is 0 Å². The molecule has 0 aromatic heterocycles. The highest BCUT2D eigenvalue weighted by atomic mass is 79.9. The maximum atomic E-state index is 12.6. The fourth-order valence-corrected chi connectivity index (χ4v) is 3.05. The van der Waals surface area contributed by atoms with Gasteiger partial charge in [0.2, 0.25) is 0 Å². The van der Waals surface area contributed by atoms with Crippen molar-refractivity contribution in [1.82, 2.24) is 0 Å². The Balaban J connectivity index is 2.46. The Hall–Kier alpha value is -1.03. The average molecular weight is 388 g/mol. The van der Waals surface area contributed by atoms with Gasteiger partial charge >= 0.3 is 0 Å². The highest BCUT2D eigenvalue weighted by Crippen LogP contribution is 2.33. The first-order valence-electron chi connectivity index (χ1n) is 6.36. The smallest absolute Gasteiger partial charge is 0.195 e. The van der Waals surface area contributed by atoms with E-state index in [4.69, 9.17) is 27.9 Å². The van der Waals surface area contributed by atoms with Gasteiger partial charge in [-0.05, 0) is 37.6 Å². The highest BCUT2D eigenvalue weighted by molar-refractivity contribution is 9.10. The summed E-state index contributed by atoms with van der Waals surface area (Å²) >= 11 is 15.7. The zero-order valence-corrected chi connectivity index (χ0v) is 14.6. The average Bonchev–Trinajstić information content (AvgIpc) is 2.42. The van der Waals surface area contributed by atoms with E-state index in [-0.39, 0.29) is 5.78 Å². The number of halogens is 3. The van der Waals surface area contributed by atoms with Crippen LogP contribution in [0.3, 0.4) is 0 Å². The molecule has 5 heteroatoms. The van der Waals surface area contributed by atoms with E-state index >= 15 is 0 Å². The summed E-state index contributed by atoms with van der Waals surface area (Å²) in [6.07, 6.45) is 0. The molecule has 0 amide bonds. The summed E-state index contributed by atoms with van der Waals surface area (Å²) in [5.41, 5.74) is 1.96. The van der Waals surface area contributed by atoms with Gasteiger partial charge in [-0.3, -0.25) is 4.79 Å². The number of aryl methyl sites for hydroxylation is 1. The molecule has 2 nitrogen and oxygen atoms in total. The second-order valence-corrected chi connectivity index (χ2v) is 6.18. The molecule has 0 aliphatic carbocycles. The zero-order chi connectivity index (χ0) is 15.6. The molecule has 110 valence electrons. The van der Waals surface area contributed by atoms with Gasteiger partial charge in [0.1, 0.15) is 5.75 Å². The molecule has 0 saturated carbocycles. The van der Waals surface area contributed by atoms with Crippen LogP contribution in [0.4, 0.5) is 0 Å². The number of rotatable bonds is 4. The molecule has 0 fully saturated rings. The van der Waals surface area contributed by atoms with Gasteiger partial charge in [0.15, 0.2) is 5.78 Å². The number of hydrogen-bond acceptors (Lipinski definition) is 2. The maximum absolute atomic E-state index is 12.6. The Kier molecular flexibility index (Phi) is 5.31. The van der Waals surface area contributed by atoms with E-state index in [1.165, 1.54) is 0 Å². The predicted octanol–water partition coefficient (Wildman–Crippen LogP) is 5.69. The van der Waals surface area contributed by atoms with E-state index in [1.54, 1.807) is 18.2 Å². The lowest BCUT2D eigenvalue weighted by Crippen LogP contribution is -2.04. The molecule has 2 aromatic rings. The van der Waals surface area contributed by atoms with Crippen molar-refractivity contribution in [1.29, 1.82) is 0 Å². The third-order valence-corrected chi connectivity index (χ3v) is 4.20. The number of hydrogen-bond donors (Lipinski definition) is 0. The van der Waals surface area contributed by atoms with Crippen LogP contribution in [0.5, 0.6) is 5.75 Å². The zero-order valence-electron chi connectivity index (χ0n) is 11.5. The van der Waals surface area contributed by atoms with Crippen molar-refractivity contribution >= 4 is 44.9 Å². The molecule has 0 atom stereocenters. The number of benzene rings is 2. The highest BCUT2D eigenvalue weighted by Gasteiger charge is 2.18. The molecule has 21 heavy (non-hydrogen) atoms. The van der Waals surface area contributed by atoms with Crippen LogP contribution in [0.15, 0.2) is 34.8 Å². The van der Waals surface area contributed by atoms with E-state index < -0.39 is 0 Å². The Labute approximate surface area is 142 Å². The van der Waals surface area contributed by atoms with Gasteiger partial charge in [0, 0.05) is 21.7 Å². The van der Waals surface area contributed by atoms with E-state index in [9.17, 15) is 4.79 Å². The standard InChI is InChI=1S/C16H13BrCl2O2/c1-3-21-15-8-13(18)11(7-14(15)19)16(20)10-5-4-9(2)6-12(10)17/h4-8H,3H2,1-2H3. The summed E-state index contributed by atoms with van der Waals surface area (Å²) in [6, 6.07) is 8.65. The Morgan fingerprint density at radius 2 is 1.86 bits per heavy atom. The first kappa shape index (κ1) is 16.3. The van der Waals surface area contributed by atoms with Gasteiger partial charge in [-0.25, -0.2) is 0 Å². The molecular formula is C16H13BrCl2O2. The van der Waals surface area contributed by atoms with Gasteiger partial charge in [0.05, 0.1) is 16.7 Å². The van der Waals surface area contributed by atoms with Crippen molar-refractivity contribution in [2.75, 3.05) is 6.61 Å². The molecule has 0 aliphatic heterocycles. The molecule has 0 bridgehead atoms. The summed E-state index contributed by atoms with van der Waals surface area (Å²) in [6.45, 7) is 4.29. The molecule has 0 heterocycles. The lowest BCUT2D eigenvalue weighted by atomic mass is 10.0. The van der Waals surface area contributed by atoms with Crippen molar-refractivity contribution in [2.45, 2.75) is 13.8 Å². The monoisotopic (exact) mass is 386 g/mol. The van der Waals surface area contributed by atoms with Gasteiger partial charge in [-0.1, -0.05) is 45.2 Å². The van der Waals surface area contributed by atoms with Gasteiger partial charge < -0.3 is 4.74 Å².